The molecule has 0 aliphatic heterocycles. The number of aromatic nitrogens is 1. The van der Waals surface area contributed by atoms with Gasteiger partial charge in [-0.1, -0.05) is 158 Å². The van der Waals surface area contributed by atoms with E-state index in [4.69, 9.17) is 0 Å². The fraction of sp³-hybridized carbons (Fsp3) is 0.0189. The van der Waals surface area contributed by atoms with Gasteiger partial charge < -0.3 is 9.47 Å². The van der Waals surface area contributed by atoms with Crippen molar-refractivity contribution in [2.24, 2.45) is 0 Å². The average Bonchev–Trinajstić information content (AvgIpc) is 3.74. The number of anilines is 3. The number of rotatable bonds is 4. The lowest BCUT2D eigenvalue weighted by atomic mass is 9.61. The molecule has 1 aromatic heterocycles. The van der Waals surface area contributed by atoms with Crippen LogP contribution in [0.4, 0.5) is 17.1 Å². The first-order valence-electron chi connectivity index (χ1n) is 19.1. The molecular weight excluding hydrogens is 665 g/mol. The summed E-state index contributed by atoms with van der Waals surface area (Å²) in [6, 6.07) is 76.3. The minimum absolute atomic E-state index is 0.442. The van der Waals surface area contributed by atoms with E-state index in [1.165, 1.54) is 77.1 Å². The van der Waals surface area contributed by atoms with Gasteiger partial charge >= 0.3 is 0 Å². The standard InChI is InChI=1S/C53H34N2/c1-3-16-35(17-4-1)54(37-30-31-42-41-23-10-14-29-49(41)55(51(42)34-37)36-18-5-2-6-19-36)50-33-32-43-40-22-9-13-27-47(40)53(48-28-15-24-44(50)52(43)48)45-25-11-7-20-38(45)39-21-8-12-26-46(39)53/h1-34H. The van der Waals surface area contributed by atoms with Crippen molar-refractivity contribution in [1.82, 2.24) is 4.57 Å². The van der Waals surface area contributed by atoms with E-state index in [2.05, 4.69) is 216 Å². The minimum atomic E-state index is -0.442. The summed E-state index contributed by atoms with van der Waals surface area (Å²) in [4.78, 5) is 2.46. The summed E-state index contributed by atoms with van der Waals surface area (Å²) >= 11 is 0. The van der Waals surface area contributed by atoms with Gasteiger partial charge in [-0.25, -0.2) is 0 Å². The van der Waals surface area contributed by atoms with Gasteiger partial charge in [0.05, 0.1) is 22.1 Å². The molecule has 2 nitrogen and oxygen atoms in total. The summed E-state index contributed by atoms with van der Waals surface area (Å²) in [5.74, 6) is 0. The summed E-state index contributed by atoms with van der Waals surface area (Å²) in [7, 11) is 0. The molecule has 2 aliphatic carbocycles. The van der Waals surface area contributed by atoms with Gasteiger partial charge in [0.2, 0.25) is 0 Å². The van der Waals surface area contributed by atoms with Crippen molar-refractivity contribution in [1.29, 1.82) is 0 Å². The topological polar surface area (TPSA) is 8.17 Å². The van der Waals surface area contributed by atoms with Gasteiger partial charge in [-0.15, -0.1) is 0 Å². The molecule has 0 radical (unpaired) electrons. The van der Waals surface area contributed by atoms with Crippen LogP contribution in [0.3, 0.4) is 0 Å². The second-order valence-corrected chi connectivity index (χ2v) is 14.8. The van der Waals surface area contributed by atoms with Crippen LogP contribution in [0.15, 0.2) is 206 Å². The van der Waals surface area contributed by atoms with Gasteiger partial charge in [-0.2, -0.15) is 0 Å². The van der Waals surface area contributed by atoms with Gasteiger partial charge in [0, 0.05) is 33.2 Å². The molecule has 10 aromatic rings. The lowest BCUT2D eigenvalue weighted by Gasteiger charge is -2.40. The number of hydrogen-bond donors (Lipinski definition) is 0. The molecule has 0 atom stereocenters. The maximum atomic E-state index is 2.46. The SMILES string of the molecule is c1ccc(N(c2ccc3c4ccccc4n(-c4ccccc4)c3c2)c2ccc3c4c(cccc24)C2(c4ccccc4-c4ccccc42)c2ccccc2-3)cc1. The predicted octanol–water partition coefficient (Wildman–Crippen LogP) is 13.8. The Morgan fingerprint density at radius 1 is 0.345 bits per heavy atom. The van der Waals surface area contributed by atoms with E-state index in [0.717, 1.165) is 22.7 Å². The van der Waals surface area contributed by atoms with E-state index in [-0.39, 0.29) is 0 Å². The normalized spacial score (nSPS) is 13.2. The van der Waals surface area contributed by atoms with Crippen molar-refractivity contribution in [3.05, 3.63) is 229 Å². The fourth-order valence-electron chi connectivity index (χ4n) is 10.1. The van der Waals surface area contributed by atoms with Gasteiger partial charge in [0.15, 0.2) is 0 Å². The van der Waals surface area contributed by atoms with Crippen molar-refractivity contribution in [2.75, 3.05) is 4.90 Å². The molecule has 0 saturated carbocycles. The zero-order valence-corrected chi connectivity index (χ0v) is 30.0. The Bertz CT molecular complexity index is 3110. The van der Waals surface area contributed by atoms with Gasteiger partial charge in [0.1, 0.15) is 0 Å². The predicted molar refractivity (Wildman–Crippen MR) is 229 cm³/mol. The molecule has 0 unspecified atom stereocenters. The summed E-state index contributed by atoms with van der Waals surface area (Å²) < 4.78 is 2.41. The number of hydrogen-bond acceptors (Lipinski definition) is 1. The zero-order valence-electron chi connectivity index (χ0n) is 30.0. The van der Waals surface area contributed by atoms with Crippen LogP contribution >= 0.6 is 0 Å². The van der Waals surface area contributed by atoms with Gasteiger partial charge in [-0.05, 0) is 98.4 Å². The van der Waals surface area contributed by atoms with E-state index in [1.807, 2.05) is 0 Å². The van der Waals surface area contributed by atoms with Gasteiger partial charge in [0.25, 0.3) is 0 Å². The molecule has 1 spiro atoms. The van der Waals surface area contributed by atoms with E-state index in [9.17, 15) is 0 Å². The van der Waals surface area contributed by atoms with Crippen LogP contribution in [0.2, 0.25) is 0 Å². The van der Waals surface area contributed by atoms with Crippen LogP contribution in [0.1, 0.15) is 22.3 Å². The number of para-hydroxylation sites is 3. The van der Waals surface area contributed by atoms with Crippen molar-refractivity contribution < 1.29 is 0 Å². The smallest absolute Gasteiger partial charge is 0.0725 e. The first-order chi connectivity index (χ1) is 27.3. The van der Waals surface area contributed by atoms with E-state index in [1.54, 1.807) is 0 Å². The number of benzene rings is 9. The van der Waals surface area contributed by atoms with E-state index in [0.29, 0.717) is 0 Å². The third-order valence-corrected chi connectivity index (χ3v) is 12.2. The molecule has 9 aromatic carbocycles. The lowest BCUT2D eigenvalue weighted by Crippen LogP contribution is -2.31. The summed E-state index contributed by atoms with van der Waals surface area (Å²) in [5.41, 5.74) is 17.1. The summed E-state index contributed by atoms with van der Waals surface area (Å²) in [6.45, 7) is 0. The molecule has 0 bridgehead atoms. The molecule has 2 heteroatoms. The van der Waals surface area contributed by atoms with Crippen molar-refractivity contribution in [2.45, 2.75) is 5.41 Å². The highest BCUT2D eigenvalue weighted by atomic mass is 15.1. The highest BCUT2D eigenvalue weighted by Crippen LogP contribution is 2.62. The highest BCUT2D eigenvalue weighted by molar-refractivity contribution is 6.14. The number of fused-ring (bicyclic) bond motifs is 12. The summed E-state index contributed by atoms with van der Waals surface area (Å²) in [5, 5.41) is 5.04. The van der Waals surface area contributed by atoms with Crippen molar-refractivity contribution >= 4 is 49.6 Å². The molecule has 12 rings (SSSR count). The molecule has 0 N–H and O–H groups in total. The molecule has 256 valence electrons. The summed E-state index contributed by atoms with van der Waals surface area (Å²) in [6.07, 6.45) is 0. The first-order valence-corrected chi connectivity index (χ1v) is 19.1. The molecule has 55 heavy (non-hydrogen) atoms. The third-order valence-electron chi connectivity index (χ3n) is 12.2. The van der Waals surface area contributed by atoms with Crippen LogP contribution < -0.4 is 4.90 Å². The zero-order chi connectivity index (χ0) is 36.1. The maximum absolute atomic E-state index is 2.46. The maximum Gasteiger partial charge on any atom is 0.0725 e. The first kappa shape index (κ1) is 30.3. The Morgan fingerprint density at radius 2 is 0.891 bits per heavy atom. The van der Waals surface area contributed by atoms with Crippen LogP contribution in [-0.2, 0) is 5.41 Å². The molecule has 0 amide bonds. The minimum Gasteiger partial charge on any atom is -0.310 e. The highest BCUT2D eigenvalue weighted by Gasteiger charge is 2.50. The van der Waals surface area contributed by atoms with E-state index >= 15 is 0 Å². The fourth-order valence-corrected chi connectivity index (χ4v) is 10.1. The molecule has 2 aliphatic rings. The largest absolute Gasteiger partial charge is 0.310 e. The van der Waals surface area contributed by atoms with Crippen LogP contribution in [-0.4, -0.2) is 4.57 Å². The Morgan fingerprint density at radius 3 is 1.60 bits per heavy atom. The molecular formula is C53H34N2. The van der Waals surface area contributed by atoms with Crippen molar-refractivity contribution in [3.8, 4) is 27.9 Å². The number of nitrogens with zero attached hydrogens (tertiary/aromatic N) is 2. The molecule has 1 heterocycles. The van der Waals surface area contributed by atoms with Crippen molar-refractivity contribution in [3.63, 3.8) is 0 Å². The second-order valence-electron chi connectivity index (χ2n) is 14.8. The van der Waals surface area contributed by atoms with Crippen LogP contribution in [0, 0.1) is 0 Å². The van der Waals surface area contributed by atoms with Crippen LogP contribution in [0.5, 0.6) is 0 Å². The van der Waals surface area contributed by atoms with Gasteiger partial charge in [-0.3, -0.25) is 0 Å². The molecule has 0 fully saturated rings. The Kier molecular flexibility index (Phi) is 6.29. The Labute approximate surface area is 319 Å². The third kappa shape index (κ3) is 4.03. The van der Waals surface area contributed by atoms with Crippen LogP contribution in [0.25, 0.3) is 60.5 Å². The Balaban J connectivity index is 1.17. The Hall–Kier alpha value is -7.16. The second kappa shape index (κ2) is 11.4. The average molecular weight is 699 g/mol. The van der Waals surface area contributed by atoms with E-state index < -0.39 is 5.41 Å². The monoisotopic (exact) mass is 698 g/mol. The molecule has 0 saturated heterocycles. The lowest BCUT2D eigenvalue weighted by molar-refractivity contribution is 0.773. The quantitative estimate of drug-likeness (QED) is 0.178.